The molecule has 5 heteroatoms. The van der Waals surface area contributed by atoms with Gasteiger partial charge < -0.3 is 15.2 Å². The van der Waals surface area contributed by atoms with Gasteiger partial charge in [-0.2, -0.15) is 0 Å². The van der Waals surface area contributed by atoms with E-state index in [-0.39, 0.29) is 13.1 Å². The van der Waals surface area contributed by atoms with Crippen molar-refractivity contribution < 1.29 is 14.7 Å². The molecule has 0 aromatic rings. The predicted molar refractivity (Wildman–Crippen MR) is 34.1 cm³/mol. The lowest BCUT2D eigenvalue weighted by Crippen LogP contribution is -2.38. The summed E-state index contributed by atoms with van der Waals surface area (Å²) in [6, 6.07) is 0. The van der Waals surface area contributed by atoms with Crippen LogP contribution in [0.15, 0.2) is 0 Å². The van der Waals surface area contributed by atoms with Crippen LogP contribution in [0, 0.1) is 0 Å². The molecule has 0 aliphatic carbocycles. The van der Waals surface area contributed by atoms with Gasteiger partial charge in [-0.1, -0.05) is 0 Å². The second-order valence-electron chi connectivity index (χ2n) is 1.62. The summed E-state index contributed by atoms with van der Waals surface area (Å²) < 4.78 is 0. The van der Waals surface area contributed by atoms with E-state index < -0.39 is 6.23 Å². The van der Waals surface area contributed by atoms with Crippen molar-refractivity contribution in [3.05, 3.63) is 0 Å². The molecule has 0 saturated carbocycles. The van der Waals surface area contributed by atoms with E-state index >= 15 is 0 Å². The maximum absolute atomic E-state index is 9.72. The van der Waals surface area contributed by atoms with Gasteiger partial charge >= 0.3 is 0 Å². The monoisotopic (exact) mass is 146 g/mol. The summed E-state index contributed by atoms with van der Waals surface area (Å²) in [4.78, 5) is 19.4. The number of hydrogen-bond acceptors (Lipinski definition) is 4. The minimum absolute atomic E-state index is 0.0850. The molecule has 0 spiro atoms. The highest BCUT2D eigenvalue weighted by Gasteiger charge is 1.98. The van der Waals surface area contributed by atoms with Gasteiger partial charge in [-0.3, -0.25) is 10.1 Å². The molecule has 0 aromatic carbocycles. The van der Waals surface area contributed by atoms with E-state index in [1.54, 1.807) is 0 Å². The van der Waals surface area contributed by atoms with Crippen molar-refractivity contribution in [2.24, 2.45) is 0 Å². The summed E-state index contributed by atoms with van der Waals surface area (Å²) in [6.07, 6.45) is 0.256. The number of aliphatic hydroxyl groups excluding tert-OH is 1. The van der Waals surface area contributed by atoms with Crippen LogP contribution in [0.5, 0.6) is 0 Å². The molecule has 10 heavy (non-hydrogen) atoms. The van der Waals surface area contributed by atoms with Crippen molar-refractivity contribution >= 4 is 12.7 Å². The van der Waals surface area contributed by atoms with E-state index in [9.17, 15) is 9.59 Å². The van der Waals surface area contributed by atoms with Crippen molar-refractivity contribution in [2.45, 2.75) is 6.23 Å². The van der Waals surface area contributed by atoms with Crippen LogP contribution in [0.3, 0.4) is 0 Å². The molecule has 0 radical (unpaired) electrons. The van der Waals surface area contributed by atoms with Gasteiger partial charge in [-0.05, 0) is 0 Å². The van der Waals surface area contributed by atoms with Crippen LogP contribution < -0.4 is 10.6 Å². The van der Waals surface area contributed by atoms with E-state index in [1.807, 2.05) is 0 Å². The Kier molecular flexibility index (Phi) is 5.60. The average molecular weight is 146 g/mol. The summed E-state index contributed by atoms with van der Waals surface area (Å²) in [7, 11) is 0. The molecule has 0 fully saturated rings. The van der Waals surface area contributed by atoms with Gasteiger partial charge in [0.15, 0.2) is 0 Å². The lowest BCUT2D eigenvalue weighted by molar-refractivity contribution is -0.110. The Bertz CT molecular complexity index is 95.1. The summed E-state index contributed by atoms with van der Waals surface area (Å²) >= 11 is 0. The number of rotatable bonds is 6. The van der Waals surface area contributed by atoms with Gasteiger partial charge in [-0.25, -0.2) is 0 Å². The maximum atomic E-state index is 9.72. The molecule has 1 atom stereocenters. The largest absolute Gasteiger partial charge is 0.377 e. The Hall–Kier alpha value is -0.940. The first kappa shape index (κ1) is 9.06. The lowest BCUT2D eigenvalue weighted by Gasteiger charge is -2.08. The summed E-state index contributed by atoms with van der Waals surface area (Å²) in [6.45, 7) is 0.193. The third kappa shape index (κ3) is 5.20. The number of aldehydes is 1. The SMILES string of the molecule is O=CCNC(O)CNC=O. The lowest BCUT2D eigenvalue weighted by atomic mass is 10.5. The van der Waals surface area contributed by atoms with E-state index in [4.69, 9.17) is 5.11 Å². The van der Waals surface area contributed by atoms with Crippen LogP contribution in [-0.4, -0.2) is 37.1 Å². The van der Waals surface area contributed by atoms with E-state index in [0.717, 1.165) is 0 Å². The molecule has 0 aliphatic rings. The average Bonchev–Trinajstić information content (AvgIpc) is 1.97. The highest BCUT2D eigenvalue weighted by Crippen LogP contribution is 1.68. The second kappa shape index (κ2) is 6.18. The number of amides is 1. The molecule has 3 N–H and O–H groups in total. The zero-order valence-electron chi connectivity index (χ0n) is 5.41. The number of carbonyl (C=O) groups excluding carboxylic acids is 2. The zero-order valence-corrected chi connectivity index (χ0v) is 5.41. The van der Waals surface area contributed by atoms with Crippen LogP contribution in [0.25, 0.3) is 0 Å². The molecule has 0 heterocycles. The van der Waals surface area contributed by atoms with Crippen LogP contribution in [-0.2, 0) is 9.59 Å². The van der Waals surface area contributed by atoms with Crippen LogP contribution >= 0.6 is 0 Å². The summed E-state index contributed by atoms with van der Waals surface area (Å²) in [5, 5.41) is 13.5. The van der Waals surface area contributed by atoms with E-state index in [0.29, 0.717) is 12.7 Å². The smallest absolute Gasteiger partial charge is 0.207 e. The first-order valence-electron chi connectivity index (χ1n) is 2.83. The Morgan fingerprint density at radius 3 is 2.70 bits per heavy atom. The first-order valence-corrected chi connectivity index (χ1v) is 2.83. The molecule has 58 valence electrons. The molecular weight excluding hydrogens is 136 g/mol. The van der Waals surface area contributed by atoms with Gasteiger partial charge in [-0.15, -0.1) is 0 Å². The van der Waals surface area contributed by atoms with Gasteiger partial charge in [0.05, 0.1) is 13.1 Å². The van der Waals surface area contributed by atoms with E-state index in [1.165, 1.54) is 0 Å². The molecular formula is C5H10N2O3. The Balaban J connectivity index is 3.15. The minimum Gasteiger partial charge on any atom is -0.377 e. The quantitative estimate of drug-likeness (QED) is 0.294. The zero-order chi connectivity index (χ0) is 7.82. The fraction of sp³-hybridized carbons (Fsp3) is 0.600. The number of aliphatic hydroxyl groups is 1. The van der Waals surface area contributed by atoms with Crippen molar-refractivity contribution in [3.63, 3.8) is 0 Å². The van der Waals surface area contributed by atoms with Crippen LogP contribution in [0.4, 0.5) is 0 Å². The van der Waals surface area contributed by atoms with Crippen molar-refractivity contribution in [1.29, 1.82) is 0 Å². The van der Waals surface area contributed by atoms with Crippen LogP contribution in [0.1, 0.15) is 0 Å². The summed E-state index contributed by atoms with van der Waals surface area (Å²) in [5.41, 5.74) is 0. The minimum atomic E-state index is -0.851. The number of carbonyl (C=O) groups is 2. The molecule has 1 amide bonds. The van der Waals surface area contributed by atoms with Gasteiger partial charge in [0.2, 0.25) is 6.41 Å². The van der Waals surface area contributed by atoms with Crippen molar-refractivity contribution in [2.75, 3.05) is 13.1 Å². The Morgan fingerprint density at radius 1 is 1.50 bits per heavy atom. The van der Waals surface area contributed by atoms with Gasteiger partial charge in [0, 0.05) is 0 Å². The first-order chi connectivity index (χ1) is 4.81. The molecule has 5 nitrogen and oxygen atoms in total. The third-order valence-corrected chi connectivity index (χ3v) is 0.831. The predicted octanol–water partition coefficient (Wildman–Crippen LogP) is -2.16. The Labute approximate surface area is 58.4 Å². The fourth-order valence-corrected chi connectivity index (χ4v) is 0.416. The van der Waals surface area contributed by atoms with Crippen molar-refractivity contribution in [1.82, 2.24) is 10.6 Å². The second-order valence-corrected chi connectivity index (χ2v) is 1.62. The molecule has 0 rings (SSSR count). The standard InChI is InChI=1S/C5H10N2O3/c8-2-1-7-5(10)3-6-4-9/h2,4-5,7,10H,1,3H2,(H,6,9). The highest BCUT2D eigenvalue weighted by atomic mass is 16.3. The van der Waals surface area contributed by atoms with Gasteiger partial charge in [0.1, 0.15) is 12.5 Å². The van der Waals surface area contributed by atoms with Crippen LogP contribution in [0.2, 0.25) is 0 Å². The molecule has 1 unspecified atom stereocenters. The highest BCUT2D eigenvalue weighted by molar-refractivity contribution is 5.51. The fourth-order valence-electron chi connectivity index (χ4n) is 0.416. The molecule has 0 aliphatic heterocycles. The normalized spacial score (nSPS) is 12.1. The van der Waals surface area contributed by atoms with Gasteiger partial charge in [0.25, 0.3) is 0 Å². The number of nitrogens with one attached hydrogen (secondary N) is 2. The molecule has 0 bridgehead atoms. The third-order valence-electron chi connectivity index (χ3n) is 0.831. The van der Waals surface area contributed by atoms with E-state index in [2.05, 4.69) is 10.6 Å². The molecule has 0 saturated heterocycles. The van der Waals surface area contributed by atoms with Crippen molar-refractivity contribution in [3.8, 4) is 0 Å². The topological polar surface area (TPSA) is 78.4 Å². The number of hydrogen-bond donors (Lipinski definition) is 3. The maximum Gasteiger partial charge on any atom is 0.207 e. The Morgan fingerprint density at radius 2 is 2.20 bits per heavy atom. The summed E-state index contributed by atoms with van der Waals surface area (Å²) in [5.74, 6) is 0. The molecule has 0 aromatic heterocycles.